The quantitative estimate of drug-likeness (QED) is 0.740. The van der Waals surface area contributed by atoms with Crippen LogP contribution in [0.5, 0.6) is 0 Å². The van der Waals surface area contributed by atoms with Crippen molar-refractivity contribution in [2.24, 2.45) is 0 Å². The van der Waals surface area contributed by atoms with Crippen LogP contribution in [0.3, 0.4) is 0 Å². The average molecular weight is 404 g/mol. The predicted octanol–water partition coefficient (Wildman–Crippen LogP) is 4.35. The molecule has 30 heavy (non-hydrogen) atoms. The second kappa shape index (κ2) is 8.83. The molecule has 0 saturated carbocycles. The summed E-state index contributed by atoms with van der Waals surface area (Å²) in [6.07, 6.45) is 1.08. The van der Waals surface area contributed by atoms with Gasteiger partial charge in [-0.2, -0.15) is 5.26 Å². The average Bonchev–Trinajstić information content (AvgIpc) is 3.01. The molecule has 0 radical (unpaired) electrons. The topological polar surface area (TPSA) is 79.6 Å². The number of amides is 2. The molecule has 1 aliphatic rings. The highest BCUT2D eigenvalue weighted by Gasteiger charge is 2.41. The largest absolute Gasteiger partial charge is 0.491 e. The van der Waals surface area contributed by atoms with Crippen LogP contribution in [0.1, 0.15) is 37.5 Å². The van der Waals surface area contributed by atoms with Crippen LogP contribution in [0, 0.1) is 11.3 Å². The Bertz CT molecular complexity index is 983. The molecule has 1 heterocycles. The molecule has 1 unspecified atom stereocenters. The molecule has 0 spiro atoms. The molecule has 0 bridgehead atoms. The van der Waals surface area contributed by atoms with Gasteiger partial charge in [0.05, 0.1) is 11.6 Å². The molecule has 1 atom stereocenters. The Balaban J connectivity index is 1.80. The monoisotopic (exact) mass is 404 g/mol. The smallest absolute Gasteiger partial charge is 0.418 e. The number of hydrogen-bond donors (Lipinski definition) is 0. The lowest BCUT2D eigenvalue weighted by Gasteiger charge is -2.28. The summed E-state index contributed by atoms with van der Waals surface area (Å²) in [5.74, 6) is -0.0425. The van der Waals surface area contributed by atoms with Gasteiger partial charge >= 0.3 is 6.09 Å². The summed E-state index contributed by atoms with van der Waals surface area (Å²) in [6.45, 7) is 5.49. The van der Waals surface area contributed by atoms with Crippen LogP contribution in [0.15, 0.2) is 66.4 Å². The van der Waals surface area contributed by atoms with Gasteiger partial charge < -0.3 is 9.47 Å². The lowest BCUT2D eigenvalue weighted by Crippen LogP contribution is -2.44. The fraction of sp³-hybridized carbons (Fsp3) is 0.292. The van der Waals surface area contributed by atoms with Crippen molar-refractivity contribution in [3.8, 4) is 6.07 Å². The highest BCUT2D eigenvalue weighted by Crippen LogP contribution is 2.27. The third-order valence-electron chi connectivity index (χ3n) is 4.49. The number of nitrogens with zero attached hydrogens (tertiary/aromatic N) is 2. The Morgan fingerprint density at radius 3 is 2.33 bits per heavy atom. The van der Waals surface area contributed by atoms with Crippen LogP contribution in [-0.4, -0.2) is 28.5 Å². The maximum Gasteiger partial charge on any atom is 0.418 e. The molecule has 0 aliphatic carbocycles. The van der Waals surface area contributed by atoms with Crippen LogP contribution in [0.2, 0.25) is 0 Å². The van der Waals surface area contributed by atoms with Gasteiger partial charge in [-0.25, -0.2) is 9.69 Å². The van der Waals surface area contributed by atoms with Gasteiger partial charge in [0, 0.05) is 12.5 Å². The Labute approximate surface area is 176 Å². The Morgan fingerprint density at radius 1 is 1.07 bits per heavy atom. The van der Waals surface area contributed by atoms with Crippen molar-refractivity contribution < 1.29 is 19.1 Å². The molecule has 3 rings (SSSR count). The van der Waals surface area contributed by atoms with E-state index >= 15 is 0 Å². The van der Waals surface area contributed by atoms with Gasteiger partial charge in [0.2, 0.25) is 0 Å². The molecule has 6 heteroatoms. The first-order valence-electron chi connectivity index (χ1n) is 9.70. The molecule has 6 nitrogen and oxygen atoms in total. The van der Waals surface area contributed by atoms with Gasteiger partial charge in [-0.1, -0.05) is 42.5 Å². The minimum absolute atomic E-state index is 0.221. The fourth-order valence-electron chi connectivity index (χ4n) is 3.11. The number of hydrogen-bond acceptors (Lipinski definition) is 5. The summed E-state index contributed by atoms with van der Waals surface area (Å²) >= 11 is 0. The first-order valence-corrected chi connectivity index (χ1v) is 9.70. The summed E-state index contributed by atoms with van der Waals surface area (Å²) in [7, 11) is 0. The fourth-order valence-corrected chi connectivity index (χ4v) is 3.11. The summed E-state index contributed by atoms with van der Waals surface area (Å²) in [4.78, 5) is 26.5. The number of nitriles is 1. The molecule has 0 fully saturated rings. The number of imide groups is 1. The van der Waals surface area contributed by atoms with Crippen LogP contribution < -0.4 is 0 Å². The molecule has 2 aromatic carbocycles. The van der Waals surface area contributed by atoms with E-state index < -0.39 is 23.6 Å². The molecule has 154 valence electrons. The van der Waals surface area contributed by atoms with Crippen molar-refractivity contribution in [3.63, 3.8) is 0 Å². The zero-order valence-electron chi connectivity index (χ0n) is 17.3. The van der Waals surface area contributed by atoms with Crippen molar-refractivity contribution in [1.82, 2.24) is 4.90 Å². The second-order valence-electron chi connectivity index (χ2n) is 8.04. The van der Waals surface area contributed by atoms with E-state index in [2.05, 4.69) is 6.07 Å². The van der Waals surface area contributed by atoms with Crippen LogP contribution in [-0.2, 0) is 27.3 Å². The minimum atomic E-state index is -0.721. The molecule has 2 amide bonds. The maximum absolute atomic E-state index is 12.7. The molecular formula is C24H24N2O4. The normalized spacial score (nSPS) is 16.1. The summed E-state index contributed by atoms with van der Waals surface area (Å²) < 4.78 is 11.4. The third-order valence-corrected chi connectivity index (χ3v) is 4.49. The van der Waals surface area contributed by atoms with Gasteiger partial charge in [-0.05, 0) is 44.0 Å². The van der Waals surface area contributed by atoms with Gasteiger partial charge in [-0.3, -0.25) is 4.79 Å². The number of carbonyl (C=O) groups is 2. The lowest BCUT2D eigenvalue weighted by atomic mass is 10.0. The Hall–Kier alpha value is -3.59. The third kappa shape index (κ3) is 5.26. The van der Waals surface area contributed by atoms with E-state index in [4.69, 9.17) is 14.7 Å². The molecular weight excluding hydrogens is 380 g/mol. The summed E-state index contributed by atoms with van der Waals surface area (Å²) in [6, 6.07) is 18.1. The zero-order chi connectivity index (χ0) is 21.7. The maximum atomic E-state index is 12.7. The van der Waals surface area contributed by atoms with E-state index in [9.17, 15) is 9.59 Å². The summed E-state index contributed by atoms with van der Waals surface area (Å²) in [5.41, 5.74) is 1.67. The van der Waals surface area contributed by atoms with Crippen LogP contribution in [0.4, 0.5) is 4.79 Å². The predicted molar refractivity (Wildman–Crippen MR) is 111 cm³/mol. The van der Waals surface area contributed by atoms with Gasteiger partial charge in [0.1, 0.15) is 24.0 Å². The number of rotatable bonds is 5. The lowest BCUT2D eigenvalue weighted by molar-refractivity contribution is -0.125. The molecule has 0 N–H and O–H groups in total. The van der Waals surface area contributed by atoms with Gasteiger partial charge in [0.25, 0.3) is 5.91 Å². The van der Waals surface area contributed by atoms with Crippen molar-refractivity contribution >= 4 is 12.0 Å². The first-order chi connectivity index (χ1) is 14.3. The Morgan fingerprint density at radius 2 is 1.73 bits per heavy atom. The van der Waals surface area contributed by atoms with Crippen molar-refractivity contribution in [2.75, 3.05) is 0 Å². The SMILES string of the molecule is CC(C)(C)OC(=O)N1C(=O)C=C(OCc2ccc(C#N)cc2)C1Cc1ccccc1. The van der Waals surface area contributed by atoms with Crippen molar-refractivity contribution in [1.29, 1.82) is 5.26 Å². The second-order valence-corrected chi connectivity index (χ2v) is 8.04. The Kier molecular flexibility index (Phi) is 6.22. The van der Waals surface area contributed by atoms with Gasteiger partial charge in [-0.15, -0.1) is 0 Å². The molecule has 0 saturated heterocycles. The van der Waals surface area contributed by atoms with Crippen LogP contribution >= 0.6 is 0 Å². The molecule has 2 aromatic rings. The van der Waals surface area contributed by atoms with E-state index in [1.165, 1.54) is 6.08 Å². The number of carbonyl (C=O) groups excluding carboxylic acids is 2. The van der Waals surface area contributed by atoms with E-state index in [0.29, 0.717) is 17.7 Å². The first kappa shape index (κ1) is 21.1. The van der Waals surface area contributed by atoms with Crippen LogP contribution in [0.25, 0.3) is 0 Å². The van der Waals surface area contributed by atoms with E-state index in [1.54, 1.807) is 45.0 Å². The highest BCUT2D eigenvalue weighted by molar-refractivity contribution is 6.02. The van der Waals surface area contributed by atoms with Crippen molar-refractivity contribution in [3.05, 3.63) is 83.1 Å². The molecule has 1 aliphatic heterocycles. The standard InChI is InChI=1S/C24H24N2O4/c1-24(2,3)30-23(28)26-20(13-17-7-5-4-6-8-17)21(14-22(26)27)29-16-19-11-9-18(15-25)10-12-19/h4-12,14,20H,13,16H2,1-3H3. The number of benzene rings is 2. The highest BCUT2D eigenvalue weighted by atomic mass is 16.6. The molecule has 0 aromatic heterocycles. The van der Waals surface area contributed by atoms with Gasteiger partial charge in [0.15, 0.2) is 0 Å². The zero-order valence-corrected chi connectivity index (χ0v) is 17.3. The van der Waals surface area contributed by atoms with Crippen molar-refractivity contribution in [2.45, 2.75) is 45.4 Å². The van der Waals surface area contributed by atoms with E-state index in [0.717, 1.165) is 16.0 Å². The van der Waals surface area contributed by atoms with E-state index in [1.807, 2.05) is 30.3 Å². The van der Waals surface area contributed by atoms with E-state index in [-0.39, 0.29) is 6.61 Å². The summed E-state index contributed by atoms with van der Waals surface area (Å²) in [5, 5.41) is 8.92. The minimum Gasteiger partial charge on any atom is -0.491 e. The number of ether oxygens (including phenoxy) is 2.